The van der Waals surface area contributed by atoms with Gasteiger partial charge >= 0.3 is 0 Å². The zero-order valence-electron chi connectivity index (χ0n) is 14.3. The van der Waals surface area contributed by atoms with Gasteiger partial charge in [-0.3, -0.25) is 4.90 Å². The lowest BCUT2D eigenvalue weighted by molar-refractivity contribution is -0.171. The van der Waals surface area contributed by atoms with Crippen LogP contribution in [0.25, 0.3) is 0 Å². The third-order valence-electron chi connectivity index (χ3n) is 9.54. The summed E-state index contributed by atoms with van der Waals surface area (Å²) in [5, 5.41) is 23.0. The highest BCUT2D eigenvalue weighted by Gasteiger charge is 2.82. The van der Waals surface area contributed by atoms with Gasteiger partial charge in [0.25, 0.3) is 0 Å². The molecule has 11 atom stereocenters. The average molecular weight is 317 g/mol. The van der Waals surface area contributed by atoms with Crippen molar-refractivity contribution in [1.29, 1.82) is 0 Å². The molecular formula is C20H31NO2. The molecule has 6 bridgehead atoms. The largest absolute Gasteiger partial charge is 0.393 e. The molecule has 3 nitrogen and oxygen atoms in total. The highest BCUT2D eigenvalue weighted by atomic mass is 16.3. The molecule has 23 heavy (non-hydrogen) atoms. The molecular weight excluding hydrogens is 286 g/mol. The van der Waals surface area contributed by atoms with Crippen LogP contribution in [0.3, 0.4) is 0 Å². The molecule has 3 aliphatic heterocycles. The molecule has 7 rings (SSSR count). The highest BCUT2D eigenvalue weighted by Crippen LogP contribution is 2.75. The quantitative estimate of drug-likeness (QED) is 0.722. The smallest absolute Gasteiger partial charge is 0.0880 e. The van der Waals surface area contributed by atoms with E-state index in [1.165, 1.54) is 44.9 Å². The van der Waals surface area contributed by atoms with Crippen molar-refractivity contribution in [3.8, 4) is 0 Å². The summed E-state index contributed by atoms with van der Waals surface area (Å²) in [5.41, 5.74) is -0.557. The van der Waals surface area contributed by atoms with Crippen molar-refractivity contribution in [2.24, 2.45) is 29.6 Å². The lowest BCUT2D eigenvalue weighted by atomic mass is 9.54. The van der Waals surface area contributed by atoms with Crippen molar-refractivity contribution in [3.05, 3.63) is 0 Å². The fraction of sp³-hybridized carbons (Fsp3) is 1.00. The Morgan fingerprint density at radius 2 is 1.78 bits per heavy atom. The Hall–Kier alpha value is -0.120. The van der Waals surface area contributed by atoms with Gasteiger partial charge in [-0.1, -0.05) is 12.8 Å². The van der Waals surface area contributed by atoms with Crippen molar-refractivity contribution >= 4 is 0 Å². The van der Waals surface area contributed by atoms with E-state index in [1.807, 2.05) is 0 Å². The average Bonchev–Trinajstić information content (AvgIpc) is 2.75. The molecule has 0 aromatic heterocycles. The van der Waals surface area contributed by atoms with E-state index in [2.05, 4.69) is 11.8 Å². The van der Waals surface area contributed by atoms with E-state index in [0.717, 1.165) is 18.8 Å². The normalized spacial score (nSPS) is 68.7. The minimum absolute atomic E-state index is 0.0703. The molecule has 4 saturated carbocycles. The van der Waals surface area contributed by atoms with Crippen LogP contribution < -0.4 is 0 Å². The Balaban J connectivity index is 1.54. The molecule has 4 aliphatic carbocycles. The lowest BCUT2D eigenvalue weighted by Crippen LogP contribution is -2.69. The van der Waals surface area contributed by atoms with Crippen LogP contribution in [-0.2, 0) is 0 Å². The Bertz CT molecular complexity index is 552. The van der Waals surface area contributed by atoms with Crippen LogP contribution in [0.15, 0.2) is 0 Å². The highest BCUT2D eigenvalue weighted by molar-refractivity contribution is 5.34. The summed E-state index contributed by atoms with van der Waals surface area (Å²) in [6.07, 6.45) is 10.7. The van der Waals surface area contributed by atoms with Crippen LogP contribution in [0.4, 0.5) is 0 Å². The maximum Gasteiger partial charge on any atom is 0.0880 e. The van der Waals surface area contributed by atoms with Gasteiger partial charge in [-0.2, -0.15) is 0 Å². The van der Waals surface area contributed by atoms with E-state index in [9.17, 15) is 10.2 Å². The van der Waals surface area contributed by atoms with Gasteiger partial charge < -0.3 is 10.2 Å². The predicted octanol–water partition coefficient (Wildman–Crippen LogP) is 2.55. The molecule has 0 amide bonds. The van der Waals surface area contributed by atoms with Crippen molar-refractivity contribution in [2.75, 3.05) is 0 Å². The summed E-state index contributed by atoms with van der Waals surface area (Å²) < 4.78 is 0. The van der Waals surface area contributed by atoms with E-state index in [1.54, 1.807) is 0 Å². The molecule has 7 fully saturated rings. The maximum absolute atomic E-state index is 12.0. The molecule has 1 spiro atoms. The number of hydrogen-bond acceptors (Lipinski definition) is 3. The van der Waals surface area contributed by atoms with Crippen molar-refractivity contribution < 1.29 is 10.2 Å². The molecule has 128 valence electrons. The molecule has 2 N–H and O–H groups in total. The third kappa shape index (κ3) is 1.32. The van der Waals surface area contributed by atoms with Crippen LogP contribution in [-0.4, -0.2) is 44.4 Å². The molecule has 0 aromatic rings. The van der Waals surface area contributed by atoms with Gasteiger partial charge in [-0.25, -0.2) is 0 Å². The van der Waals surface area contributed by atoms with E-state index in [4.69, 9.17) is 0 Å². The van der Waals surface area contributed by atoms with E-state index in [-0.39, 0.29) is 11.6 Å². The van der Waals surface area contributed by atoms with Gasteiger partial charge in [0.1, 0.15) is 0 Å². The minimum atomic E-state index is -0.487. The van der Waals surface area contributed by atoms with E-state index in [0.29, 0.717) is 35.8 Å². The number of aliphatic hydroxyl groups is 2. The van der Waals surface area contributed by atoms with E-state index < -0.39 is 5.60 Å². The van der Waals surface area contributed by atoms with Crippen LogP contribution in [0.1, 0.15) is 64.7 Å². The molecule has 0 aromatic carbocycles. The van der Waals surface area contributed by atoms with Gasteiger partial charge in [0.05, 0.1) is 17.2 Å². The second-order valence-electron chi connectivity index (χ2n) is 9.97. The molecule has 3 heteroatoms. The number of hydrogen-bond donors (Lipinski definition) is 2. The number of fused-ring (bicyclic) bond motifs is 1. The summed E-state index contributed by atoms with van der Waals surface area (Å²) >= 11 is 0. The Morgan fingerprint density at radius 3 is 2.61 bits per heavy atom. The van der Waals surface area contributed by atoms with Crippen molar-refractivity contribution in [3.63, 3.8) is 0 Å². The van der Waals surface area contributed by atoms with Crippen LogP contribution in [0.5, 0.6) is 0 Å². The van der Waals surface area contributed by atoms with Crippen LogP contribution in [0, 0.1) is 29.6 Å². The molecule has 3 heterocycles. The Morgan fingerprint density at radius 1 is 1.00 bits per heavy atom. The van der Waals surface area contributed by atoms with E-state index >= 15 is 0 Å². The monoisotopic (exact) mass is 317 g/mol. The number of aliphatic hydroxyl groups excluding tert-OH is 1. The zero-order chi connectivity index (χ0) is 15.6. The maximum atomic E-state index is 12.0. The fourth-order valence-corrected chi connectivity index (χ4v) is 9.29. The van der Waals surface area contributed by atoms with Crippen molar-refractivity contribution in [1.82, 2.24) is 4.90 Å². The number of nitrogens with zero attached hydrogens (tertiary/aromatic N) is 1. The van der Waals surface area contributed by atoms with Gasteiger partial charge in [0.2, 0.25) is 0 Å². The molecule has 0 radical (unpaired) electrons. The summed E-state index contributed by atoms with van der Waals surface area (Å²) in [4.78, 5) is 2.78. The minimum Gasteiger partial charge on any atom is -0.393 e. The topological polar surface area (TPSA) is 43.7 Å². The number of rotatable bonds is 0. The summed E-state index contributed by atoms with van der Waals surface area (Å²) in [6, 6.07) is 1.21. The van der Waals surface area contributed by atoms with Crippen LogP contribution >= 0.6 is 0 Å². The Labute approximate surface area is 139 Å². The second-order valence-corrected chi connectivity index (χ2v) is 9.97. The van der Waals surface area contributed by atoms with Crippen LogP contribution in [0.2, 0.25) is 0 Å². The standard InChI is InChI=1S/C20H31NO2/c1-11-6-7-15-16-8-12-9-20(15,23)19(21(11)16)10-17(22)13-4-2-3-5-14(13)18(12)19/h11-18,22-23H,2-10H2,1H3/t11-,12-,13+,14+,15-,16-,17+,18?,19-,20+/m0/s1. The number of piperidine rings is 2. The van der Waals surface area contributed by atoms with Gasteiger partial charge in [0.15, 0.2) is 0 Å². The Kier molecular flexibility index (Phi) is 2.55. The first-order valence-electron chi connectivity index (χ1n) is 10.3. The van der Waals surface area contributed by atoms with Gasteiger partial charge in [0, 0.05) is 18.0 Å². The third-order valence-corrected chi connectivity index (χ3v) is 9.54. The molecule has 3 saturated heterocycles. The molecule has 2 unspecified atom stereocenters. The van der Waals surface area contributed by atoms with Gasteiger partial charge in [-0.15, -0.1) is 0 Å². The predicted molar refractivity (Wildman–Crippen MR) is 87.8 cm³/mol. The summed E-state index contributed by atoms with van der Waals surface area (Å²) in [5.74, 6) is 3.10. The summed E-state index contributed by atoms with van der Waals surface area (Å²) in [7, 11) is 0. The first-order valence-corrected chi connectivity index (χ1v) is 10.3. The first kappa shape index (κ1) is 14.1. The second kappa shape index (κ2) is 4.16. The zero-order valence-corrected chi connectivity index (χ0v) is 14.3. The lowest BCUT2D eigenvalue weighted by Gasteiger charge is -2.61. The van der Waals surface area contributed by atoms with Crippen molar-refractivity contribution in [2.45, 2.75) is 94.0 Å². The first-order chi connectivity index (χ1) is 11.1. The fourth-order valence-electron chi connectivity index (χ4n) is 9.29. The SMILES string of the molecule is C[C@H]1CC[C@H]2[C@@H]3C[C@H]4C[C@]2(O)[C@@]2(C[C@@H](O)[C@@H]5CCCC[C@H]5C42)N13. The summed E-state index contributed by atoms with van der Waals surface area (Å²) in [6.45, 7) is 2.39. The molecule has 7 aliphatic rings. The van der Waals surface area contributed by atoms with Gasteiger partial charge in [-0.05, 0) is 75.5 Å².